The summed E-state index contributed by atoms with van der Waals surface area (Å²) >= 11 is 0. The van der Waals surface area contributed by atoms with Crippen molar-refractivity contribution < 1.29 is 8.85 Å². The molecule has 0 rings (SSSR count). The van der Waals surface area contributed by atoms with Crippen LogP contribution in [0.25, 0.3) is 0 Å². The summed E-state index contributed by atoms with van der Waals surface area (Å²) in [5.41, 5.74) is -0.230. The fourth-order valence-electron chi connectivity index (χ4n) is 2.75. The average Bonchev–Trinajstić information content (AvgIpc) is 2.25. The summed E-state index contributed by atoms with van der Waals surface area (Å²) in [4.78, 5) is 0. The van der Waals surface area contributed by atoms with Crippen molar-refractivity contribution in [3.8, 4) is 0 Å². The second-order valence-corrected chi connectivity index (χ2v) is 11.5. The van der Waals surface area contributed by atoms with Crippen LogP contribution < -0.4 is 0 Å². The Morgan fingerprint density at radius 3 is 1.19 bits per heavy atom. The van der Waals surface area contributed by atoms with Gasteiger partial charge in [0.05, 0.1) is 11.2 Å². The molecule has 0 aromatic carbocycles. The van der Waals surface area contributed by atoms with Crippen LogP contribution in [0.2, 0.25) is 12.1 Å². The highest BCUT2D eigenvalue weighted by Crippen LogP contribution is 2.33. The van der Waals surface area contributed by atoms with Crippen LogP contribution in [-0.2, 0) is 8.85 Å². The Bertz CT molecular complexity index is 235. The Balaban J connectivity index is 5.05. The first-order chi connectivity index (χ1) is 9.54. The van der Waals surface area contributed by atoms with Gasteiger partial charge in [0.25, 0.3) is 0 Å². The fraction of sp³-hybridized carbons (Fsp3) is 1.00. The second kappa shape index (κ2) is 9.31. The van der Waals surface area contributed by atoms with E-state index in [1.807, 2.05) is 0 Å². The molecule has 0 aliphatic rings. The van der Waals surface area contributed by atoms with Gasteiger partial charge in [-0.2, -0.15) is 0 Å². The lowest BCUT2D eigenvalue weighted by Gasteiger charge is -2.41. The van der Waals surface area contributed by atoms with Crippen molar-refractivity contribution in [3.63, 3.8) is 0 Å². The summed E-state index contributed by atoms with van der Waals surface area (Å²) in [5, 5.41) is 0. The zero-order valence-corrected chi connectivity index (χ0v) is 17.0. The van der Waals surface area contributed by atoms with E-state index in [9.17, 15) is 0 Å². The van der Waals surface area contributed by atoms with Gasteiger partial charge in [-0.25, -0.2) is 0 Å². The highest BCUT2D eigenvalue weighted by molar-refractivity contribution is 6.67. The van der Waals surface area contributed by atoms with Crippen LogP contribution in [0.4, 0.5) is 0 Å². The lowest BCUT2D eigenvalue weighted by Crippen LogP contribution is -2.51. The van der Waals surface area contributed by atoms with Gasteiger partial charge in [-0.15, -0.1) is 0 Å². The number of unbranched alkanes of at least 4 members (excludes halogenated alkanes) is 4. The van der Waals surface area contributed by atoms with Crippen LogP contribution in [0.15, 0.2) is 0 Å². The Kier molecular flexibility index (Phi) is 9.38. The molecule has 0 aliphatic carbocycles. The lowest BCUT2D eigenvalue weighted by molar-refractivity contribution is 0.0132. The fourth-order valence-corrected chi connectivity index (χ4v) is 7.26. The van der Waals surface area contributed by atoms with Crippen LogP contribution in [0.5, 0.6) is 0 Å². The third-order valence-electron chi connectivity index (χ3n) is 3.31. The zero-order chi connectivity index (χ0) is 16.6. The van der Waals surface area contributed by atoms with E-state index >= 15 is 0 Å². The molecule has 0 N–H and O–H groups in total. The van der Waals surface area contributed by atoms with Crippen LogP contribution in [0.3, 0.4) is 0 Å². The van der Waals surface area contributed by atoms with E-state index in [4.69, 9.17) is 8.85 Å². The quantitative estimate of drug-likeness (QED) is 0.341. The van der Waals surface area contributed by atoms with Crippen LogP contribution in [0.1, 0.15) is 93.9 Å². The van der Waals surface area contributed by atoms with Crippen LogP contribution >= 0.6 is 0 Å². The molecule has 128 valence electrons. The molecule has 0 aliphatic heterocycles. The van der Waals surface area contributed by atoms with E-state index in [-0.39, 0.29) is 11.2 Å². The highest BCUT2D eigenvalue weighted by Gasteiger charge is 2.43. The summed E-state index contributed by atoms with van der Waals surface area (Å²) in [6, 6.07) is 2.28. The Labute approximate surface area is 135 Å². The minimum atomic E-state index is -2.14. The van der Waals surface area contributed by atoms with Crippen LogP contribution in [0, 0.1) is 0 Å². The Morgan fingerprint density at radius 1 is 0.619 bits per heavy atom. The first kappa shape index (κ1) is 21.1. The van der Waals surface area contributed by atoms with Gasteiger partial charge in [-0.3, -0.25) is 0 Å². The van der Waals surface area contributed by atoms with Gasteiger partial charge in [-0.1, -0.05) is 52.4 Å². The number of rotatable bonds is 10. The molecule has 0 aromatic heterocycles. The first-order valence-corrected chi connectivity index (χ1v) is 11.2. The molecule has 0 saturated carbocycles. The molecular formula is C18H40O2Si. The molecule has 0 saturated heterocycles. The van der Waals surface area contributed by atoms with E-state index in [0.29, 0.717) is 0 Å². The van der Waals surface area contributed by atoms with Crippen molar-refractivity contribution >= 4 is 8.56 Å². The molecule has 0 radical (unpaired) electrons. The Morgan fingerprint density at radius 2 is 0.952 bits per heavy atom. The molecule has 2 nitrogen and oxygen atoms in total. The largest absolute Gasteiger partial charge is 0.389 e. The molecular weight excluding hydrogens is 276 g/mol. The van der Waals surface area contributed by atoms with E-state index < -0.39 is 8.56 Å². The van der Waals surface area contributed by atoms with Gasteiger partial charge in [0, 0.05) is 0 Å². The molecule has 0 aromatic rings. The normalized spacial score (nSPS) is 13.7. The highest BCUT2D eigenvalue weighted by atomic mass is 28.4. The molecule has 0 unspecified atom stereocenters. The number of hydrogen-bond acceptors (Lipinski definition) is 2. The average molecular weight is 317 g/mol. The van der Waals surface area contributed by atoms with Crippen LogP contribution in [-0.4, -0.2) is 19.8 Å². The predicted octanol–water partition coefficient (Wildman–Crippen LogP) is 6.44. The van der Waals surface area contributed by atoms with Gasteiger partial charge in [0.15, 0.2) is 0 Å². The maximum absolute atomic E-state index is 6.61. The summed E-state index contributed by atoms with van der Waals surface area (Å²) in [6.45, 7) is 17.5. The molecule has 0 bridgehead atoms. The van der Waals surface area contributed by atoms with Gasteiger partial charge < -0.3 is 8.85 Å². The van der Waals surface area contributed by atoms with Crippen molar-refractivity contribution in [1.29, 1.82) is 0 Å². The molecule has 0 fully saturated rings. The van der Waals surface area contributed by atoms with E-state index in [2.05, 4.69) is 55.4 Å². The molecule has 0 heterocycles. The second-order valence-electron chi connectivity index (χ2n) is 8.25. The lowest BCUT2D eigenvalue weighted by atomic mass is 10.2. The van der Waals surface area contributed by atoms with E-state index in [1.54, 1.807) is 0 Å². The smallest absolute Gasteiger partial charge is 0.338 e. The standard InChI is InChI=1S/C18H40O2Si/c1-9-11-13-15-21(16-14-12-10-2,19-17(3,4)5)20-18(6,7)8/h9-16H2,1-8H3. The molecule has 0 amide bonds. The number of hydrogen-bond donors (Lipinski definition) is 0. The third kappa shape index (κ3) is 11.4. The topological polar surface area (TPSA) is 18.5 Å². The summed E-state index contributed by atoms with van der Waals surface area (Å²) in [6.07, 6.45) is 7.55. The maximum Gasteiger partial charge on any atom is 0.338 e. The Hall–Kier alpha value is 0.137. The molecule has 21 heavy (non-hydrogen) atoms. The maximum atomic E-state index is 6.61. The minimum Gasteiger partial charge on any atom is -0.389 e. The first-order valence-electron chi connectivity index (χ1n) is 8.94. The monoisotopic (exact) mass is 316 g/mol. The van der Waals surface area contributed by atoms with Gasteiger partial charge in [0.2, 0.25) is 0 Å². The van der Waals surface area contributed by atoms with Crippen molar-refractivity contribution in [3.05, 3.63) is 0 Å². The van der Waals surface area contributed by atoms with Gasteiger partial charge in [0.1, 0.15) is 0 Å². The van der Waals surface area contributed by atoms with Gasteiger partial charge >= 0.3 is 8.56 Å². The van der Waals surface area contributed by atoms with Gasteiger partial charge in [-0.05, 0) is 53.6 Å². The molecule has 3 heteroatoms. The summed E-state index contributed by atoms with van der Waals surface area (Å²) < 4.78 is 13.2. The molecule has 0 atom stereocenters. The minimum absolute atomic E-state index is 0.115. The summed E-state index contributed by atoms with van der Waals surface area (Å²) in [5.74, 6) is 0. The summed E-state index contributed by atoms with van der Waals surface area (Å²) in [7, 11) is -2.14. The zero-order valence-electron chi connectivity index (χ0n) is 16.0. The van der Waals surface area contributed by atoms with Crippen molar-refractivity contribution in [2.45, 2.75) is 117 Å². The van der Waals surface area contributed by atoms with Crippen molar-refractivity contribution in [2.24, 2.45) is 0 Å². The van der Waals surface area contributed by atoms with E-state index in [1.165, 1.54) is 38.5 Å². The molecule has 0 spiro atoms. The van der Waals surface area contributed by atoms with Crippen molar-refractivity contribution in [2.75, 3.05) is 0 Å². The predicted molar refractivity (Wildman–Crippen MR) is 96.1 cm³/mol. The third-order valence-corrected chi connectivity index (χ3v) is 7.51. The SMILES string of the molecule is CCCCC[Si](CCCCC)(OC(C)(C)C)OC(C)(C)C. The van der Waals surface area contributed by atoms with Crippen molar-refractivity contribution in [1.82, 2.24) is 0 Å². The van der Waals surface area contributed by atoms with E-state index in [0.717, 1.165) is 12.1 Å².